The lowest BCUT2D eigenvalue weighted by molar-refractivity contribution is -0.137. The zero-order valence-electron chi connectivity index (χ0n) is 24.4. The molecule has 43 heavy (non-hydrogen) atoms. The van der Waals surface area contributed by atoms with Gasteiger partial charge in [0, 0.05) is 49.7 Å². The lowest BCUT2D eigenvalue weighted by Crippen LogP contribution is -2.61. The number of hydrogen-bond donors (Lipinski definition) is 3. The minimum absolute atomic E-state index is 0.00588. The lowest BCUT2D eigenvalue weighted by atomic mass is 10.0. The number of benzene rings is 2. The van der Waals surface area contributed by atoms with Crippen LogP contribution in [0.3, 0.4) is 0 Å². The number of carbonyl (C=O) groups excluding carboxylic acids is 3. The van der Waals surface area contributed by atoms with Crippen molar-refractivity contribution >= 4 is 35.2 Å². The monoisotopic (exact) mass is 595 g/mol. The first-order valence-corrected chi connectivity index (χ1v) is 14.7. The molecule has 0 aromatic heterocycles. The molecular formula is C31H38FN5O6. The van der Waals surface area contributed by atoms with Crippen LogP contribution in [0.25, 0.3) is 0 Å². The van der Waals surface area contributed by atoms with Crippen molar-refractivity contribution < 1.29 is 33.4 Å². The maximum absolute atomic E-state index is 13.5. The van der Waals surface area contributed by atoms with Crippen molar-refractivity contribution in [2.75, 3.05) is 49.6 Å². The van der Waals surface area contributed by atoms with Crippen molar-refractivity contribution in [3.8, 4) is 0 Å². The molecule has 5 rings (SSSR count). The van der Waals surface area contributed by atoms with Crippen LogP contribution in [0.4, 0.5) is 20.6 Å². The van der Waals surface area contributed by atoms with E-state index in [2.05, 4.69) is 15.5 Å². The van der Waals surface area contributed by atoms with Crippen LogP contribution in [0.15, 0.2) is 42.5 Å². The molecular weight excluding hydrogens is 557 g/mol. The summed E-state index contributed by atoms with van der Waals surface area (Å²) in [6.45, 7) is 7.23. The number of morpholine rings is 1. The number of ether oxygens (including phenoxy) is 1. The Morgan fingerprint density at radius 3 is 2.35 bits per heavy atom. The number of amides is 4. The molecule has 2 heterocycles. The van der Waals surface area contributed by atoms with Crippen molar-refractivity contribution in [1.29, 1.82) is 0 Å². The minimum Gasteiger partial charge on any atom is -0.481 e. The van der Waals surface area contributed by atoms with Gasteiger partial charge in [-0.2, -0.15) is 0 Å². The highest BCUT2D eigenvalue weighted by molar-refractivity contribution is 6.01. The molecule has 2 aliphatic heterocycles. The number of nitrogens with zero attached hydrogens (tertiary/aromatic N) is 3. The molecule has 3 N–H and O–H groups in total. The SMILES string of the molecule is CC1CN(c2ccc(C(=O)NC(CC(=O)O)c3ccc(F)cc3)cc2NC(=O)C2CC2)C(C)CN1C(=O)N1CCOCC1. The van der Waals surface area contributed by atoms with E-state index in [1.165, 1.54) is 24.3 Å². The van der Waals surface area contributed by atoms with E-state index in [-0.39, 0.29) is 41.9 Å². The highest BCUT2D eigenvalue weighted by Gasteiger charge is 2.36. The van der Waals surface area contributed by atoms with Gasteiger partial charge < -0.3 is 35.2 Å². The molecule has 3 unspecified atom stereocenters. The van der Waals surface area contributed by atoms with Gasteiger partial charge in [-0.15, -0.1) is 0 Å². The fourth-order valence-corrected chi connectivity index (χ4v) is 5.64. The van der Waals surface area contributed by atoms with Gasteiger partial charge in [-0.05, 0) is 62.6 Å². The largest absolute Gasteiger partial charge is 0.481 e. The molecule has 0 spiro atoms. The molecule has 2 saturated heterocycles. The normalized spacial score (nSPS) is 21.2. The van der Waals surface area contributed by atoms with Crippen LogP contribution in [0, 0.1) is 11.7 Å². The number of urea groups is 1. The van der Waals surface area contributed by atoms with E-state index in [0.717, 1.165) is 18.5 Å². The quantitative estimate of drug-likeness (QED) is 0.426. The maximum Gasteiger partial charge on any atom is 0.320 e. The Hall–Kier alpha value is -4.19. The smallest absolute Gasteiger partial charge is 0.320 e. The second kappa shape index (κ2) is 13.0. The number of piperazine rings is 1. The Morgan fingerprint density at radius 2 is 1.70 bits per heavy atom. The number of halogens is 1. The average molecular weight is 596 g/mol. The second-order valence-electron chi connectivity index (χ2n) is 11.6. The van der Waals surface area contributed by atoms with Crippen LogP contribution >= 0.6 is 0 Å². The zero-order chi connectivity index (χ0) is 30.7. The Morgan fingerprint density at radius 1 is 1.00 bits per heavy atom. The van der Waals surface area contributed by atoms with E-state index in [1.54, 1.807) is 18.2 Å². The predicted octanol–water partition coefficient (Wildman–Crippen LogP) is 3.47. The number of hydrogen-bond acceptors (Lipinski definition) is 6. The summed E-state index contributed by atoms with van der Waals surface area (Å²) in [6.07, 6.45) is 1.24. The minimum atomic E-state index is -1.11. The molecule has 3 aliphatic rings. The molecule has 1 aliphatic carbocycles. The Kier molecular flexibility index (Phi) is 9.14. The van der Waals surface area contributed by atoms with Crippen LogP contribution < -0.4 is 15.5 Å². The topological polar surface area (TPSA) is 132 Å². The van der Waals surface area contributed by atoms with E-state index >= 15 is 0 Å². The third-order valence-corrected chi connectivity index (χ3v) is 8.24. The number of aliphatic carboxylic acids is 1. The molecule has 4 amide bonds. The van der Waals surface area contributed by atoms with Gasteiger partial charge in [-0.3, -0.25) is 14.4 Å². The summed E-state index contributed by atoms with van der Waals surface area (Å²) < 4.78 is 18.9. The zero-order valence-corrected chi connectivity index (χ0v) is 24.4. The lowest BCUT2D eigenvalue weighted by Gasteiger charge is -2.47. The summed E-state index contributed by atoms with van der Waals surface area (Å²) >= 11 is 0. The number of carboxylic acid groups (broad SMARTS) is 1. The van der Waals surface area contributed by atoms with Gasteiger partial charge in [-0.1, -0.05) is 12.1 Å². The van der Waals surface area contributed by atoms with Crippen molar-refractivity contribution in [2.24, 2.45) is 5.92 Å². The molecule has 0 bridgehead atoms. The molecule has 230 valence electrons. The van der Waals surface area contributed by atoms with Gasteiger partial charge in [-0.25, -0.2) is 9.18 Å². The van der Waals surface area contributed by atoms with E-state index in [9.17, 15) is 28.7 Å². The van der Waals surface area contributed by atoms with Gasteiger partial charge in [0.2, 0.25) is 5.91 Å². The predicted molar refractivity (Wildman–Crippen MR) is 157 cm³/mol. The fourth-order valence-electron chi connectivity index (χ4n) is 5.64. The number of carboxylic acids is 1. The maximum atomic E-state index is 13.5. The van der Waals surface area contributed by atoms with Gasteiger partial charge in [0.1, 0.15) is 5.82 Å². The molecule has 12 heteroatoms. The number of anilines is 2. The van der Waals surface area contributed by atoms with Crippen molar-refractivity contribution in [3.63, 3.8) is 0 Å². The van der Waals surface area contributed by atoms with Crippen LogP contribution in [0.1, 0.15) is 55.1 Å². The number of rotatable bonds is 8. The first-order chi connectivity index (χ1) is 20.6. The Labute approximate surface area is 250 Å². The molecule has 3 atom stereocenters. The summed E-state index contributed by atoms with van der Waals surface area (Å²) in [4.78, 5) is 56.9. The molecule has 0 radical (unpaired) electrons. The van der Waals surface area contributed by atoms with Gasteiger partial charge >= 0.3 is 12.0 Å². The first-order valence-electron chi connectivity index (χ1n) is 14.7. The standard InChI is InChI=1S/C31H38FN5O6/c1-19-18-37(31(42)35-11-13-43-14-12-35)20(2)17-36(19)27-10-7-23(15-26(27)34-29(40)22-3-4-22)30(41)33-25(16-28(38)39)21-5-8-24(32)9-6-21/h5-10,15,19-20,22,25H,3-4,11-14,16-18H2,1-2H3,(H,33,41)(H,34,40)(H,38,39). The van der Waals surface area contributed by atoms with E-state index < -0.39 is 23.7 Å². The third kappa shape index (κ3) is 7.24. The Bertz CT molecular complexity index is 1360. The van der Waals surface area contributed by atoms with E-state index in [1.807, 2.05) is 23.6 Å². The van der Waals surface area contributed by atoms with Gasteiger partial charge in [0.05, 0.1) is 37.1 Å². The Balaban J connectivity index is 1.37. The van der Waals surface area contributed by atoms with Crippen LogP contribution in [-0.2, 0) is 14.3 Å². The molecule has 3 fully saturated rings. The van der Waals surface area contributed by atoms with Gasteiger partial charge in [0.25, 0.3) is 5.91 Å². The van der Waals surface area contributed by atoms with Gasteiger partial charge in [0.15, 0.2) is 0 Å². The highest BCUT2D eigenvalue weighted by atomic mass is 19.1. The summed E-state index contributed by atoms with van der Waals surface area (Å²) in [5, 5.41) is 15.2. The summed E-state index contributed by atoms with van der Waals surface area (Å²) in [5.74, 6) is -2.28. The molecule has 2 aromatic rings. The van der Waals surface area contributed by atoms with Crippen molar-refractivity contribution in [1.82, 2.24) is 15.1 Å². The molecule has 2 aromatic carbocycles. The molecule has 11 nitrogen and oxygen atoms in total. The fraction of sp³-hybridized carbons (Fsp3) is 0.484. The van der Waals surface area contributed by atoms with Crippen LogP contribution in [0.5, 0.6) is 0 Å². The van der Waals surface area contributed by atoms with E-state index in [4.69, 9.17) is 4.74 Å². The number of nitrogens with one attached hydrogen (secondary N) is 2. The number of carbonyl (C=O) groups is 4. The summed E-state index contributed by atoms with van der Waals surface area (Å²) in [5.41, 5.74) is 1.93. The summed E-state index contributed by atoms with van der Waals surface area (Å²) in [6, 6.07) is 9.29. The molecule has 1 saturated carbocycles. The van der Waals surface area contributed by atoms with Crippen molar-refractivity contribution in [3.05, 3.63) is 59.4 Å². The van der Waals surface area contributed by atoms with Crippen LogP contribution in [0.2, 0.25) is 0 Å². The summed E-state index contributed by atoms with van der Waals surface area (Å²) in [7, 11) is 0. The highest BCUT2D eigenvalue weighted by Crippen LogP contribution is 2.35. The average Bonchev–Trinajstić information content (AvgIpc) is 3.84. The van der Waals surface area contributed by atoms with Crippen LogP contribution in [-0.4, -0.2) is 90.2 Å². The second-order valence-corrected chi connectivity index (χ2v) is 11.6. The van der Waals surface area contributed by atoms with Crippen molar-refractivity contribution in [2.45, 2.75) is 51.2 Å². The first kappa shape index (κ1) is 30.3. The third-order valence-electron chi connectivity index (χ3n) is 8.24. The van der Waals surface area contributed by atoms with E-state index in [0.29, 0.717) is 50.6 Å².